The Labute approximate surface area is 73.1 Å². The molecule has 0 aromatic heterocycles. The molecule has 0 aromatic carbocycles. The summed E-state index contributed by atoms with van der Waals surface area (Å²) in [6, 6.07) is 0. The van der Waals surface area contributed by atoms with Gasteiger partial charge in [0, 0.05) is 12.8 Å². The molecule has 0 heterocycles. The van der Waals surface area contributed by atoms with E-state index in [9.17, 15) is 4.79 Å². The molecule has 0 atom stereocenters. The van der Waals surface area contributed by atoms with Crippen LogP contribution in [-0.2, 0) is 9.59 Å². The van der Waals surface area contributed by atoms with E-state index in [0.29, 0.717) is 12.1 Å². The molecule has 0 radical (unpaired) electrons. The number of hydrogen-bond donors (Lipinski definition) is 1. The van der Waals surface area contributed by atoms with Crippen molar-refractivity contribution in [1.29, 1.82) is 0 Å². The second-order valence-electron chi connectivity index (χ2n) is 2.10. The summed E-state index contributed by atoms with van der Waals surface area (Å²) in [6.45, 7) is 5.64. The Kier molecular flexibility index (Phi) is 14.4. The molecule has 1 saturated carbocycles. The van der Waals surface area contributed by atoms with Gasteiger partial charge in [0.25, 0.3) is 0 Å². The van der Waals surface area contributed by atoms with Crippen LogP contribution in [-0.4, -0.2) is 23.8 Å². The zero-order chi connectivity index (χ0) is 9.82. The second-order valence-corrected chi connectivity index (χ2v) is 2.10. The number of carbonyl (C=O) groups excluding carboxylic acids is 2. The van der Waals surface area contributed by atoms with Gasteiger partial charge < -0.3 is 9.90 Å². The van der Waals surface area contributed by atoms with Gasteiger partial charge in [0.15, 0.2) is 0 Å². The normalized spacial score (nSPS) is 13.6. The lowest BCUT2D eigenvalue weighted by molar-refractivity contribution is -0.117. The van der Waals surface area contributed by atoms with E-state index in [1.165, 1.54) is 0 Å². The van der Waals surface area contributed by atoms with Crippen LogP contribution in [0.4, 0.5) is 0 Å². The lowest BCUT2D eigenvalue weighted by Gasteiger charge is -1.71. The summed E-state index contributed by atoms with van der Waals surface area (Å²) < 4.78 is 0. The first-order valence-electron chi connectivity index (χ1n) is 3.87. The number of ketones is 1. The highest BCUT2D eigenvalue weighted by molar-refractivity contribution is 5.79. The minimum Gasteiger partial charge on any atom is -0.389 e. The van der Waals surface area contributed by atoms with Crippen molar-refractivity contribution in [3.63, 3.8) is 0 Å². The van der Waals surface area contributed by atoms with Crippen molar-refractivity contribution in [2.45, 2.75) is 25.7 Å². The first-order chi connectivity index (χ1) is 5.81. The molecule has 0 spiro atoms. The van der Waals surface area contributed by atoms with Crippen LogP contribution in [0.1, 0.15) is 25.7 Å². The van der Waals surface area contributed by atoms with Crippen molar-refractivity contribution in [3.05, 3.63) is 13.2 Å². The van der Waals surface area contributed by atoms with Gasteiger partial charge in [0.1, 0.15) is 12.1 Å². The van der Waals surface area contributed by atoms with E-state index in [-0.39, 0.29) is 6.61 Å². The zero-order valence-electron chi connectivity index (χ0n) is 7.29. The van der Waals surface area contributed by atoms with Crippen LogP contribution >= 0.6 is 0 Å². The number of Topliss-reactive ketones (excluding diaryl/α,β-unsaturated/α-hetero) is 1. The SMILES string of the molecule is C=C.O=C1CCCC1.O=CCO. The van der Waals surface area contributed by atoms with Gasteiger partial charge in [-0.25, -0.2) is 0 Å². The molecule has 1 aliphatic rings. The molecule has 1 aliphatic carbocycles. The van der Waals surface area contributed by atoms with Crippen molar-refractivity contribution < 1.29 is 14.7 Å². The Morgan fingerprint density at radius 2 is 1.67 bits per heavy atom. The predicted molar refractivity (Wildman–Crippen MR) is 47.9 cm³/mol. The second kappa shape index (κ2) is 12.7. The third kappa shape index (κ3) is 11.8. The number of aliphatic hydroxyl groups excluding tert-OH is 1. The van der Waals surface area contributed by atoms with Crippen molar-refractivity contribution in [2.24, 2.45) is 0 Å². The number of aliphatic hydroxyl groups is 1. The van der Waals surface area contributed by atoms with Gasteiger partial charge in [0.2, 0.25) is 0 Å². The van der Waals surface area contributed by atoms with Gasteiger partial charge in [-0.2, -0.15) is 0 Å². The molecule has 3 nitrogen and oxygen atoms in total. The van der Waals surface area contributed by atoms with E-state index in [0.717, 1.165) is 25.7 Å². The average Bonchev–Trinajstić information content (AvgIpc) is 2.60. The maximum Gasteiger partial charge on any atom is 0.145 e. The molecule has 0 amide bonds. The number of carbonyl (C=O) groups is 2. The van der Waals surface area contributed by atoms with E-state index in [4.69, 9.17) is 9.90 Å². The van der Waals surface area contributed by atoms with E-state index < -0.39 is 0 Å². The van der Waals surface area contributed by atoms with Gasteiger partial charge in [-0.1, -0.05) is 0 Å². The molecule has 1 fully saturated rings. The third-order valence-electron chi connectivity index (χ3n) is 1.24. The first-order valence-corrected chi connectivity index (χ1v) is 3.87. The Bertz CT molecular complexity index is 113. The molecule has 1 N–H and O–H groups in total. The zero-order valence-corrected chi connectivity index (χ0v) is 7.29. The highest BCUT2D eigenvalue weighted by Crippen LogP contribution is 2.11. The fraction of sp³-hybridized carbons (Fsp3) is 0.556. The minimum absolute atomic E-state index is 0.361. The van der Waals surface area contributed by atoms with E-state index in [1.807, 2.05) is 0 Å². The topological polar surface area (TPSA) is 54.4 Å². The summed E-state index contributed by atoms with van der Waals surface area (Å²) in [5.41, 5.74) is 0. The first kappa shape index (κ1) is 13.6. The maximum absolute atomic E-state index is 10.2. The van der Waals surface area contributed by atoms with Crippen LogP contribution in [0.25, 0.3) is 0 Å². The smallest absolute Gasteiger partial charge is 0.145 e. The van der Waals surface area contributed by atoms with Crippen molar-refractivity contribution >= 4 is 12.1 Å². The lowest BCUT2D eigenvalue weighted by Crippen LogP contribution is -1.81. The highest BCUT2D eigenvalue weighted by Gasteiger charge is 2.07. The average molecular weight is 172 g/mol. The van der Waals surface area contributed by atoms with Crippen molar-refractivity contribution in [3.8, 4) is 0 Å². The summed E-state index contributed by atoms with van der Waals surface area (Å²) >= 11 is 0. The fourth-order valence-corrected chi connectivity index (χ4v) is 0.769. The standard InChI is InChI=1S/C5H8O.C2H4O2.C2H4/c6-5-3-1-2-4-5;3-1-2-4;1-2/h1-4H2;1,4H,2H2;1-2H2. The molecule has 0 bridgehead atoms. The number of aldehydes is 1. The Morgan fingerprint density at radius 1 is 1.33 bits per heavy atom. The molecular weight excluding hydrogens is 156 g/mol. The largest absolute Gasteiger partial charge is 0.389 e. The summed E-state index contributed by atoms with van der Waals surface area (Å²) in [5, 5.41) is 7.51. The molecule has 0 aromatic rings. The van der Waals surface area contributed by atoms with Crippen LogP contribution in [0, 0.1) is 0 Å². The molecule has 0 unspecified atom stereocenters. The Morgan fingerprint density at radius 3 is 1.75 bits per heavy atom. The molecule has 0 aliphatic heterocycles. The third-order valence-corrected chi connectivity index (χ3v) is 1.24. The van der Waals surface area contributed by atoms with E-state index in [2.05, 4.69) is 13.2 Å². The van der Waals surface area contributed by atoms with Crippen LogP contribution < -0.4 is 0 Å². The predicted octanol–water partition coefficient (Wildman–Crippen LogP) is 1.11. The number of hydrogen-bond acceptors (Lipinski definition) is 3. The maximum atomic E-state index is 10.2. The number of rotatable bonds is 1. The summed E-state index contributed by atoms with van der Waals surface area (Å²) in [7, 11) is 0. The van der Waals surface area contributed by atoms with Gasteiger partial charge in [-0.3, -0.25) is 4.79 Å². The highest BCUT2D eigenvalue weighted by atomic mass is 16.3. The Hall–Kier alpha value is -0.960. The Balaban J connectivity index is 0. The van der Waals surface area contributed by atoms with Crippen LogP contribution in [0.15, 0.2) is 13.2 Å². The molecule has 0 saturated heterocycles. The summed E-state index contributed by atoms with van der Waals surface area (Å²) in [4.78, 5) is 19.2. The van der Waals surface area contributed by atoms with Crippen LogP contribution in [0.3, 0.4) is 0 Å². The summed E-state index contributed by atoms with van der Waals surface area (Å²) in [6.07, 6.45) is 4.40. The molecule has 70 valence electrons. The van der Waals surface area contributed by atoms with E-state index in [1.54, 1.807) is 0 Å². The molecule has 3 heteroatoms. The van der Waals surface area contributed by atoms with Gasteiger partial charge in [0.05, 0.1) is 6.61 Å². The van der Waals surface area contributed by atoms with E-state index >= 15 is 0 Å². The molecule has 12 heavy (non-hydrogen) atoms. The van der Waals surface area contributed by atoms with Crippen molar-refractivity contribution in [1.82, 2.24) is 0 Å². The summed E-state index contributed by atoms with van der Waals surface area (Å²) in [5.74, 6) is 0.454. The van der Waals surface area contributed by atoms with Crippen LogP contribution in [0.2, 0.25) is 0 Å². The fourth-order valence-electron chi connectivity index (χ4n) is 0.769. The lowest BCUT2D eigenvalue weighted by atomic mass is 10.4. The van der Waals surface area contributed by atoms with Crippen LogP contribution in [0.5, 0.6) is 0 Å². The molecular formula is C9H16O3. The van der Waals surface area contributed by atoms with Gasteiger partial charge >= 0.3 is 0 Å². The quantitative estimate of drug-likeness (QED) is 0.476. The van der Waals surface area contributed by atoms with Gasteiger partial charge in [-0.15, -0.1) is 13.2 Å². The minimum atomic E-state index is -0.361. The van der Waals surface area contributed by atoms with Crippen molar-refractivity contribution in [2.75, 3.05) is 6.61 Å². The monoisotopic (exact) mass is 172 g/mol. The molecule has 1 rings (SSSR count). The van der Waals surface area contributed by atoms with Gasteiger partial charge in [-0.05, 0) is 12.8 Å².